The Morgan fingerprint density at radius 3 is 1.26 bits per heavy atom. The molecule has 0 aliphatic heterocycles. The third-order valence-electron chi connectivity index (χ3n) is 5.55. The maximum Gasteiger partial charge on any atom is 0.0462 e. The second-order valence-corrected chi connectivity index (χ2v) is 7.87. The van der Waals surface area contributed by atoms with Crippen LogP contribution in [0.1, 0.15) is 11.4 Å². The highest BCUT2D eigenvalue weighted by Gasteiger charge is 2.13. The largest absolute Gasteiger partial charge is 0.359 e. The van der Waals surface area contributed by atoms with Crippen LogP contribution in [0.5, 0.6) is 0 Å². The van der Waals surface area contributed by atoms with E-state index in [1.54, 1.807) is 0 Å². The molecule has 3 nitrogen and oxygen atoms in total. The lowest BCUT2D eigenvalue weighted by molar-refractivity contribution is 1.26. The molecule has 152 valence electrons. The van der Waals surface area contributed by atoms with Crippen LogP contribution >= 0.6 is 0 Å². The van der Waals surface area contributed by atoms with Crippen LogP contribution < -0.4 is 4.90 Å². The van der Waals surface area contributed by atoms with Crippen LogP contribution in [0.2, 0.25) is 0 Å². The van der Waals surface area contributed by atoms with Gasteiger partial charge in [0, 0.05) is 39.8 Å². The van der Waals surface area contributed by atoms with Gasteiger partial charge in [-0.1, -0.05) is 42.5 Å². The fraction of sp³-hybridized carbons (Fsp3) is 0.0714. The first-order valence-corrected chi connectivity index (χ1v) is 10.5. The molecule has 0 saturated carbocycles. The van der Waals surface area contributed by atoms with Gasteiger partial charge in [-0.25, -0.2) is 0 Å². The molecule has 0 bridgehead atoms. The normalized spacial score (nSPS) is 10.9. The van der Waals surface area contributed by atoms with Crippen molar-refractivity contribution in [2.45, 2.75) is 13.8 Å². The number of aromatic nitrogens is 2. The Kier molecular flexibility index (Phi) is 4.93. The van der Waals surface area contributed by atoms with Crippen molar-refractivity contribution in [1.82, 2.24) is 9.97 Å². The highest BCUT2D eigenvalue weighted by Crippen LogP contribution is 2.36. The van der Waals surface area contributed by atoms with Crippen LogP contribution in [0.4, 0.5) is 17.1 Å². The zero-order valence-corrected chi connectivity index (χ0v) is 17.8. The molecule has 0 atom stereocenters. The molecule has 31 heavy (non-hydrogen) atoms. The second-order valence-electron chi connectivity index (χ2n) is 7.87. The average molecular weight is 404 g/mol. The number of para-hydroxylation sites is 1. The maximum absolute atomic E-state index is 3.41. The van der Waals surface area contributed by atoms with E-state index in [1.807, 2.05) is 0 Å². The van der Waals surface area contributed by atoms with E-state index in [9.17, 15) is 0 Å². The molecule has 0 radical (unpaired) electrons. The number of anilines is 3. The molecule has 2 N–H and O–H groups in total. The smallest absolute Gasteiger partial charge is 0.0462 e. The van der Waals surface area contributed by atoms with E-state index >= 15 is 0 Å². The lowest BCUT2D eigenvalue weighted by Gasteiger charge is -2.25. The first-order chi connectivity index (χ1) is 15.2. The number of nitrogens with zero attached hydrogens (tertiary/aromatic N) is 1. The van der Waals surface area contributed by atoms with Crippen LogP contribution in [-0.2, 0) is 0 Å². The highest BCUT2D eigenvalue weighted by atomic mass is 15.1. The number of nitrogens with one attached hydrogen (secondary N) is 2. The summed E-state index contributed by atoms with van der Waals surface area (Å²) in [6.45, 7) is 4.15. The van der Waals surface area contributed by atoms with E-state index in [1.165, 1.54) is 22.5 Å². The lowest BCUT2D eigenvalue weighted by Crippen LogP contribution is -2.09. The van der Waals surface area contributed by atoms with Gasteiger partial charge in [0.2, 0.25) is 0 Å². The Morgan fingerprint density at radius 2 is 0.871 bits per heavy atom. The monoisotopic (exact) mass is 403 g/mol. The number of hydrogen-bond acceptors (Lipinski definition) is 1. The minimum Gasteiger partial charge on any atom is -0.359 e. The first-order valence-electron chi connectivity index (χ1n) is 10.5. The van der Waals surface area contributed by atoms with Gasteiger partial charge in [0.25, 0.3) is 0 Å². The highest BCUT2D eigenvalue weighted by molar-refractivity contribution is 5.79. The molecule has 0 unspecified atom stereocenters. The van der Waals surface area contributed by atoms with Crippen LogP contribution in [0.3, 0.4) is 0 Å². The molecule has 0 fully saturated rings. The fourth-order valence-corrected chi connectivity index (χ4v) is 3.95. The standard InChI is InChI=1S/C28H25N3/c1-20-8-18-27(29-20)22-10-14-25(15-11-22)31(24-6-4-3-5-7-24)26-16-12-23(13-17-26)28-19-9-21(2)30-28/h3-19,29-30H,1-2H3. The van der Waals surface area contributed by atoms with E-state index in [0.29, 0.717) is 0 Å². The van der Waals surface area contributed by atoms with Gasteiger partial charge in [0.05, 0.1) is 0 Å². The molecule has 0 spiro atoms. The molecule has 3 heteroatoms. The molecule has 2 heterocycles. The molecule has 0 aliphatic carbocycles. The summed E-state index contributed by atoms with van der Waals surface area (Å²) in [5.41, 5.74) is 10.4. The van der Waals surface area contributed by atoms with Gasteiger partial charge in [0.15, 0.2) is 0 Å². The van der Waals surface area contributed by atoms with E-state index in [-0.39, 0.29) is 0 Å². The second kappa shape index (κ2) is 8.04. The number of rotatable bonds is 5. The molecule has 3 aromatic carbocycles. The summed E-state index contributed by atoms with van der Waals surface area (Å²) in [6.07, 6.45) is 0. The van der Waals surface area contributed by atoms with Crippen LogP contribution in [-0.4, -0.2) is 9.97 Å². The minimum absolute atomic E-state index is 1.13. The maximum atomic E-state index is 3.41. The van der Waals surface area contributed by atoms with E-state index < -0.39 is 0 Å². The fourth-order valence-electron chi connectivity index (χ4n) is 3.95. The van der Waals surface area contributed by atoms with Crippen molar-refractivity contribution < 1.29 is 0 Å². The number of hydrogen-bond donors (Lipinski definition) is 2. The van der Waals surface area contributed by atoms with Crippen molar-refractivity contribution in [2.75, 3.05) is 4.90 Å². The summed E-state index contributed by atoms with van der Waals surface area (Å²) in [7, 11) is 0. The van der Waals surface area contributed by atoms with Crippen molar-refractivity contribution in [3.63, 3.8) is 0 Å². The summed E-state index contributed by atoms with van der Waals surface area (Å²) in [5.74, 6) is 0. The third kappa shape index (κ3) is 3.90. The zero-order chi connectivity index (χ0) is 21.2. The molecule has 2 aromatic heterocycles. The topological polar surface area (TPSA) is 34.8 Å². The Bertz CT molecular complexity index is 1190. The van der Waals surface area contributed by atoms with E-state index in [2.05, 4.69) is 132 Å². The quantitative estimate of drug-likeness (QED) is 0.309. The van der Waals surface area contributed by atoms with Crippen LogP contribution in [0.15, 0.2) is 103 Å². The summed E-state index contributed by atoms with van der Waals surface area (Å²) in [4.78, 5) is 9.11. The van der Waals surface area contributed by atoms with E-state index in [0.717, 1.165) is 28.5 Å². The molecule has 0 saturated heterocycles. The molecular formula is C28H25N3. The summed E-state index contributed by atoms with van der Waals surface area (Å²) >= 11 is 0. The molecule has 5 aromatic rings. The van der Waals surface area contributed by atoms with Gasteiger partial charge in [-0.3, -0.25) is 0 Å². The number of aromatic amines is 2. The zero-order valence-electron chi connectivity index (χ0n) is 17.8. The van der Waals surface area contributed by atoms with Gasteiger partial charge >= 0.3 is 0 Å². The Morgan fingerprint density at radius 1 is 0.452 bits per heavy atom. The van der Waals surface area contributed by atoms with Crippen molar-refractivity contribution in [3.8, 4) is 22.5 Å². The van der Waals surface area contributed by atoms with Gasteiger partial charge in [0.1, 0.15) is 0 Å². The van der Waals surface area contributed by atoms with Crippen molar-refractivity contribution in [1.29, 1.82) is 0 Å². The lowest BCUT2D eigenvalue weighted by atomic mass is 10.1. The van der Waals surface area contributed by atoms with Gasteiger partial charge in [-0.15, -0.1) is 0 Å². The van der Waals surface area contributed by atoms with E-state index in [4.69, 9.17) is 0 Å². The third-order valence-corrected chi connectivity index (χ3v) is 5.55. The van der Waals surface area contributed by atoms with Crippen molar-refractivity contribution >= 4 is 17.1 Å². The predicted octanol–water partition coefficient (Wildman–Crippen LogP) is 7.76. The summed E-state index contributed by atoms with van der Waals surface area (Å²) in [5, 5.41) is 0. The minimum atomic E-state index is 1.13. The number of H-pyrrole nitrogens is 2. The van der Waals surface area contributed by atoms with Crippen LogP contribution in [0, 0.1) is 13.8 Å². The summed E-state index contributed by atoms with van der Waals surface area (Å²) < 4.78 is 0. The van der Waals surface area contributed by atoms with Gasteiger partial charge < -0.3 is 14.9 Å². The predicted molar refractivity (Wildman–Crippen MR) is 130 cm³/mol. The summed E-state index contributed by atoms with van der Waals surface area (Å²) in [6, 6.07) is 36.4. The average Bonchev–Trinajstić information content (AvgIpc) is 3.44. The van der Waals surface area contributed by atoms with Crippen LogP contribution in [0.25, 0.3) is 22.5 Å². The molecule has 0 amide bonds. The Balaban J connectivity index is 1.52. The Labute approximate surface area is 183 Å². The molecule has 0 aliphatic rings. The molecule has 5 rings (SSSR count). The van der Waals surface area contributed by atoms with Crippen molar-refractivity contribution in [2.24, 2.45) is 0 Å². The Hall–Kier alpha value is -3.98. The first kappa shape index (κ1) is 19.0. The van der Waals surface area contributed by atoms with Gasteiger partial charge in [-0.2, -0.15) is 0 Å². The molecular weight excluding hydrogens is 378 g/mol. The number of benzene rings is 3. The van der Waals surface area contributed by atoms with Gasteiger partial charge in [-0.05, 0) is 85.6 Å². The SMILES string of the molecule is Cc1ccc(-c2ccc(N(c3ccccc3)c3ccc(-c4ccc(C)[nH]4)cc3)cc2)[nH]1. The number of aryl methyl sites for hydroxylation is 2. The van der Waals surface area contributed by atoms with Crippen molar-refractivity contribution in [3.05, 3.63) is 115 Å².